The summed E-state index contributed by atoms with van der Waals surface area (Å²) in [5.74, 6) is 0.941. The highest BCUT2D eigenvalue weighted by Gasteiger charge is 2.39. The average Bonchev–Trinajstić information content (AvgIpc) is 3.28. The molecule has 4 aliphatic rings. The molecule has 0 saturated carbocycles. The Hall–Kier alpha value is -3.50. The predicted octanol–water partition coefficient (Wildman–Crippen LogP) is 1.69. The minimum atomic E-state index is -0.608. The van der Waals surface area contributed by atoms with Crippen molar-refractivity contribution >= 4 is 23.5 Å². The van der Waals surface area contributed by atoms with Gasteiger partial charge in [-0.2, -0.15) is 0 Å². The molecule has 39 heavy (non-hydrogen) atoms. The minimum absolute atomic E-state index is 0.166. The molecule has 0 aliphatic carbocycles. The highest BCUT2D eigenvalue weighted by atomic mass is 16.5. The van der Waals surface area contributed by atoms with Crippen LogP contribution in [0, 0.1) is 0 Å². The summed E-state index contributed by atoms with van der Waals surface area (Å²) >= 11 is 0. The Morgan fingerprint density at radius 2 is 1.87 bits per heavy atom. The van der Waals surface area contributed by atoms with Crippen molar-refractivity contribution in [3.63, 3.8) is 0 Å². The van der Waals surface area contributed by atoms with Crippen LogP contribution in [0.1, 0.15) is 53.6 Å². The van der Waals surface area contributed by atoms with E-state index >= 15 is 0 Å². The van der Waals surface area contributed by atoms with Crippen LogP contribution in [0.3, 0.4) is 0 Å². The fraction of sp³-hybridized carbons (Fsp3) is 0.517. The molecule has 2 aromatic rings. The molecular formula is C29H36N6O4. The molecule has 2 N–H and O–H groups in total. The summed E-state index contributed by atoms with van der Waals surface area (Å²) in [4.78, 5) is 47.9. The SMILES string of the molecule is O=C1CCC(N2Cc3cc(OCC4CCCCN4Cc4ccc(N5CCNCC5)nc4)ccc3C2=O)C(=O)N1. The lowest BCUT2D eigenvalue weighted by Crippen LogP contribution is -2.52. The van der Waals surface area contributed by atoms with Crippen molar-refractivity contribution in [2.45, 2.75) is 57.3 Å². The molecule has 2 atom stereocenters. The maximum absolute atomic E-state index is 13.0. The van der Waals surface area contributed by atoms with Crippen molar-refractivity contribution < 1.29 is 19.1 Å². The second kappa shape index (κ2) is 11.3. The summed E-state index contributed by atoms with van der Waals surface area (Å²) in [5, 5.41) is 5.73. The normalized spacial score (nSPS) is 24.1. The molecule has 10 heteroatoms. The summed E-state index contributed by atoms with van der Waals surface area (Å²) in [6.07, 6.45) is 6.07. The maximum Gasteiger partial charge on any atom is 0.255 e. The molecular weight excluding hydrogens is 496 g/mol. The van der Waals surface area contributed by atoms with Crippen LogP contribution in [0.2, 0.25) is 0 Å². The van der Waals surface area contributed by atoms with Gasteiger partial charge >= 0.3 is 0 Å². The zero-order chi connectivity index (χ0) is 26.8. The number of piperazine rings is 1. The number of rotatable bonds is 7. The molecule has 3 saturated heterocycles. The van der Waals surface area contributed by atoms with Gasteiger partial charge in [-0.25, -0.2) is 4.98 Å². The van der Waals surface area contributed by atoms with E-state index in [1.807, 2.05) is 18.3 Å². The zero-order valence-corrected chi connectivity index (χ0v) is 22.2. The quantitative estimate of drug-likeness (QED) is 0.519. The molecule has 3 amide bonds. The lowest BCUT2D eigenvalue weighted by atomic mass is 10.0. The fourth-order valence-electron chi connectivity index (χ4n) is 6.12. The van der Waals surface area contributed by atoms with Gasteiger partial charge in [-0.1, -0.05) is 12.5 Å². The number of nitrogens with one attached hydrogen (secondary N) is 2. The van der Waals surface area contributed by atoms with E-state index in [4.69, 9.17) is 9.72 Å². The number of ether oxygens (including phenoxy) is 1. The molecule has 0 spiro atoms. The number of amides is 3. The smallest absolute Gasteiger partial charge is 0.255 e. The number of benzene rings is 1. The summed E-state index contributed by atoms with van der Waals surface area (Å²) < 4.78 is 6.26. The number of pyridine rings is 1. The first-order valence-electron chi connectivity index (χ1n) is 14.1. The van der Waals surface area contributed by atoms with Gasteiger partial charge in [-0.3, -0.25) is 24.6 Å². The number of piperidine rings is 2. The first-order chi connectivity index (χ1) is 19.0. The number of hydrogen-bond donors (Lipinski definition) is 2. The first-order valence-corrected chi connectivity index (χ1v) is 14.1. The number of anilines is 1. The number of likely N-dealkylation sites (tertiary alicyclic amines) is 1. The summed E-state index contributed by atoms with van der Waals surface area (Å²) in [7, 11) is 0. The van der Waals surface area contributed by atoms with Gasteiger partial charge < -0.3 is 19.9 Å². The van der Waals surface area contributed by atoms with Gasteiger partial charge in [0.05, 0.1) is 0 Å². The zero-order valence-electron chi connectivity index (χ0n) is 22.2. The van der Waals surface area contributed by atoms with E-state index in [1.165, 1.54) is 18.4 Å². The monoisotopic (exact) mass is 532 g/mol. The molecule has 3 fully saturated rings. The Morgan fingerprint density at radius 3 is 2.67 bits per heavy atom. The van der Waals surface area contributed by atoms with Crippen molar-refractivity contribution in [3.8, 4) is 5.75 Å². The van der Waals surface area contributed by atoms with Gasteiger partial charge in [0.15, 0.2) is 0 Å². The fourth-order valence-corrected chi connectivity index (χ4v) is 6.12. The Labute approximate surface area is 228 Å². The van der Waals surface area contributed by atoms with E-state index in [0.29, 0.717) is 31.2 Å². The first kappa shape index (κ1) is 25.8. The summed E-state index contributed by atoms with van der Waals surface area (Å²) in [5.41, 5.74) is 2.67. The molecule has 4 aliphatic heterocycles. The van der Waals surface area contributed by atoms with E-state index in [0.717, 1.165) is 62.8 Å². The Bertz CT molecular complexity index is 1230. The second-order valence-corrected chi connectivity index (χ2v) is 10.9. The Balaban J connectivity index is 1.06. The molecule has 206 valence electrons. The van der Waals surface area contributed by atoms with Crippen LogP contribution in [0.25, 0.3) is 0 Å². The van der Waals surface area contributed by atoms with Gasteiger partial charge in [0, 0.05) is 63.5 Å². The second-order valence-electron chi connectivity index (χ2n) is 10.9. The topological polar surface area (TPSA) is 107 Å². The number of nitrogens with zero attached hydrogens (tertiary/aromatic N) is 4. The summed E-state index contributed by atoms with van der Waals surface area (Å²) in [6.45, 7) is 6.79. The number of fused-ring (bicyclic) bond motifs is 1. The van der Waals surface area contributed by atoms with Crippen molar-refractivity contribution in [2.24, 2.45) is 0 Å². The van der Waals surface area contributed by atoms with E-state index < -0.39 is 11.9 Å². The van der Waals surface area contributed by atoms with Crippen LogP contribution < -0.4 is 20.3 Å². The minimum Gasteiger partial charge on any atom is -0.492 e. The van der Waals surface area contributed by atoms with E-state index in [9.17, 15) is 14.4 Å². The van der Waals surface area contributed by atoms with E-state index in [1.54, 1.807) is 11.0 Å². The lowest BCUT2D eigenvalue weighted by Gasteiger charge is -2.35. The van der Waals surface area contributed by atoms with Crippen LogP contribution in [0.15, 0.2) is 36.5 Å². The van der Waals surface area contributed by atoms with Gasteiger partial charge in [0.25, 0.3) is 5.91 Å². The largest absolute Gasteiger partial charge is 0.492 e. The molecule has 5 heterocycles. The van der Waals surface area contributed by atoms with Crippen molar-refractivity contribution in [3.05, 3.63) is 53.2 Å². The number of hydrogen-bond acceptors (Lipinski definition) is 8. The third kappa shape index (κ3) is 5.62. The van der Waals surface area contributed by atoms with Gasteiger partial charge in [-0.15, -0.1) is 0 Å². The van der Waals surface area contributed by atoms with Gasteiger partial charge in [0.1, 0.15) is 24.2 Å². The van der Waals surface area contributed by atoms with Crippen LogP contribution in [-0.4, -0.2) is 83.9 Å². The summed E-state index contributed by atoms with van der Waals surface area (Å²) in [6, 6.07) is 9.60. The van der Waals surface area contributed by atoms with Gasteiger partial charge in [0.2, 0.25) is 11.8 Å². The van der Waals surface area contributed by atoms with Crippen molar-refractivity contribution in [1.82, 2.24) is 25.4 Å². The van der Waals surface area contributed by atoms with Crippen molar-refractivity contribution in [2.75, 3.05) is 44.2 Å². The molecule has 2 unspecified atom stereocenters. The molecule has 1 aromatic carbocycles. The van der Waals surface area contributed by atoms with E-state index in [2.05, 4.69) is 32.6 Å². The average molecular weight is 533 g/mol. The lowest BCUT2D eigenvalue weighted by molar-refractivity contribution is -0.136. The highest BCUT2D eigenvalue weighted by molar-refractivity contribution is 6.05. The number of aromatic nitrogens is 1. The Kier molecular flexibility index (Phi) is 7.47. The third-order valence-corrected chi connectivity index (χ3v) is 8.32. The van der Waals surface area contributed by atoms with Crippen LogP contribution in [0.4, 0.5) is 5.82 Å². The predicted molar refractivity (Wildman–Crippen MR) is 145 cm³/mol. The molecule has 0 radical (unpaired) electrons. The number of carbonyl (C=O) groups is 3. The molecule has 0 bridgehead atoms. The van der Waals surface area contributed by atoms with Crippen LogP contribution in [-0.2, 0) is 22.7 Å². The van der Waals surface area contributed by atoms with Crippen LogP contribution >= 0.6 is 0 Å². The van der Waals surface area contributed by atoms with Gasteiger partial charge in [-0.05, 0) is 61.2 Å². The standard InChI is InChI=1S/C29H36N6O4/c36-27-9-7-25(28(37)32-27)35-18-21-15-23(5-6-24(21)29(35)38)39-19-22-3-1-2-12-34(22)17-20-4-8-26(31-16-20)33-13-10-30-11-14-33/h4-6,8,15-16,22,25,30H,1-3,7,9-14,17-19H2,(H,32,36,37). The van der Waals surface area contributed by atoms with Crippen LogP contribution in [0.5, 0.6) is 5.75 Å². The number of carbonyl (C=O) groups excluding carboxylic acids is 3. The Morgan fingerprint density at radius 1 is 1.00 bits per heavy atom. The maximum atomic E-state index is 13.0. The molecule has 10 nitrogen and oxygen atoms in total. The van der Waals surface area contributed by atoms with E-state index in [-0.39, 0.29) is 18.2 Å². The molecule has 6 rings (SSSR count). The highest BCUT2D eigenvalue weighted by Crippen LogP contribution is 2.31. The van der Waals surface area contributed by atoms with Crippen molar-refractivity contribution in [1.29, 1.82) is 0 Å². The third-order valence-electron chi connectivity index (χ3n) is 8.32. The number of imide groups is 1. The molecule has 1 aromatic heterocycles.